The fourth-order valence-corrected chi connectivity index (χ4v) is 3.42. The fraction of sp³-hybridized carbons (Fsp3) is 0.333. The van der Waals surface area contributed by atoms with Gasteiger partial charge in [-0.15, -0.1) is 0 Å². The lowest BCUT2D eigenvalue weighted by Gasteiger charge is -2.17. The van der Waals surface area contributed by atoms with Gasteiger partial charge in [-0.05, 0) is 37.1 Å². The van der Waals surface area contributed by atoms with Crippen molar-refractivity contribution in [2.75, 3.05) is 29.8 Å². The number of benzene rings is 1. The van der Waals surface area contributed by atoms with Crippen molar-refractivity contribution < 1.29 is 13.2 Å². The molecule has 1 saturated heterocycles. The minimum Gasteiger partial charge on any atom is -0.494 e. The Bertz CT molecular complexity index is 754. The number of sulfonamides is 1. The quantitative estimate of drug-likeness (QED) is 0.899. The van der Waals surface area contributed by atoms with Crippen molar-refractivity contribution in [1.82, 2.24) is 9.97 Å². The average molecular weight is 334 g/mol. The molecule has 0 saturated carbocycles. The lowest BCUT2D eigenvalue weighted by Crippen LogP contribution is -2.18. The van der Waals surface area contributed by atoms with Crippen LogP contribution in [0.4, 0.5) is 11.6 Å². The zero-order chi connectivity index (χ0) is 16.3. The van der Waals surface area contributed by atoms with Gasteiger partial charge < -0.3 is 9.64 Å². The van der Waals surface area contributed by atoms with Crippen molar-refractivity contribution in [3.63, 3.8) is 0 Å². The van der Waals surface area contributed by atoms with Crippen LogP contribution >= 0.6 is 0 Å². The molecule has 122 valence electrons. The number of nitrogens with zero attached hydrogens (tertiary/aromatic N) is 3. The summed E-state index contributed by atoms with van der Waals surface area (Å²) in [5, 5.41) is 0. The van der Waals surface area contributed by atoms with Gasteiger partial charge in [-0.1, -0.05) is 0 Å². The lowest BCUT2D eigenvalue weighted by atomic mass is 10.3. The molecule has 1 aliphatic rings. The maximum Gasteiger partial charge on any atom is 0.264 e. The third kappa shape index (κ3) is 3.53. The number of hydrogen-bond donors (Lipinski definition) is 1. The van der Waals surface area contributed by atoms with Crippen molar-refractivity contribution in [1.29, 1.82) is 0 Å². The molecule has 3 rings (SSSR count). The van der Waals surface area contributed by atoms with Crippen LogP contribution in [-0.4, -0.2) is 38.6 Å². The summed E-state index contributed by atoms with van der Waals surface area (Å²) in [6.45, 7) is 2.04. The van der Waals surface area contributed by atoms with E-state index in [-0.39, 0.29) is 10.8 Å². The third-order valence-electron chi connectivity index (χ3n) is 3.71. The summed E-state index contributed by atoms with van der Waals surface area (Å²) in [6.07, 6.45) is 5.16. The highest BCUT2D eigenvalue weighted by molar-refractivity contribution is 7.92. The maximum absolute atomic E-state index is 12.4. The first kappa shape index (κ1) is 15.5. The van der Waals surface area contributed by atoms with E-state index in [4.69, 9.17) is 4.74 Å². The van der Waals surface area contributed by atoms with Gasteiger partial charge in [-0.25, -0.2) is 23.1 Å². The Hall–Kier alpha value is -2.35. The summed E-state index contributed by atoms with van der Waals surface area (Å²) in [5.41, 5.74) is 1.04. The Labute approximate surface area is 135 Å². The molecular weight excluding hydrogens is 316 g/mol. The Morgan fingerprint density at radius 3 is 2.26 bits per heavy atom. The van der Waals surface area contributed by atoms with Crippen LogP contribution < -0.4 is 14.4 Å². The van der Waals surface area contributed by atoms with Crippen LogP contribution in [0.3, 0.4) is 0 Å². The van der Waals surface area contributed by atoms with Gasteiger partial charge in [0, 0.05) is 18.8 Å². The Morgan fingerprint density at radius 2 is 1.70 bits per heavy atom. The van der Waals surface area contributed by atoms with Crippen LogP contribution in [-0.2, 0) is 10.0 Å². The van der Waals surface area contributed by atoms with Gasteiger partial charge >= 0.3 is 0 Å². The molecule has 0 amide bonds. The van der Waals surface area contributed by atoms with Crippen LogP contribution in [0.5, 0.6) is 5.75 Å². The van der Waals surface area contributed by atoms with Crippen molar-refractivity contribution in [3.8, 4) is 5.75 Å². The molecule has 8 heteroatoms. The van der Waals surface area contributed by atoms with Gasteiger partial charge in [-0.3, -0.25) is 0 Å². The zero-order valence-electron chi connectivity index (χ0n) is 12.8. The molecule has 7 nitrogen and oxygen atoms in total. The van der Waals surface area contributed by atoms with Crippen molar-refractivity contribution in [2.45, 2.75) is 17.7 Å². The average Bonchev–Trinajstić information content (AvgIpc) is 3.10. The van der Waals surface area contributed by atoms with Crippen LogP contribution in [0.25, 0.3) is 0 Å². The van der Waals surface area contributed by atoms with E-state index in [2.05, 4.69) is 19.6 Å². The predicted molar refractivity (Wildman–Crippen MR) is 87.3 cm³/mol. The minimum absolute atomic E-state index is 0.00872. The molecule has 23 heavy (non-hydrogen) atoms. The molecule has 1 fully saturated rings. The molecule has 2 aromatic rings. The molecule has 0 atom stereocenters. The number of aromatic nitrogens is 2. The second kappa shape index (κ2) is 6.41. The van der Waals surface area contributed by atoms with E-state index in [1.54, 1.807) is 12.1 Å². The van der Waals surface area contributed by atoms with E-state index in [0.29, 0.717) is 5.75 Å². The molecule has 0 spiro atoms. The molecule has 1 aromatic heterocycles. The van der Waals surface area contributed by atoms with E-state index < -0.39 is 10.0 Å². The van der Waals surface area contributed by atoms with Gasteiger partial charge in [0.05, 0.1) is 24.4 Å². The number of nitrogens with one attached hydrogen (secondary N) is 1. The molecule has 0 radical (unpaired) electrons. The summed E-state index contributed by atoms with van der Waals surface area (Å²) in [4.78, 5) is 10.2. The van der Waals surface area contributed by atoms with Gasteiger partial charge in [0.2, 0.25) is 5.95 Å². The normalized spacial score (nSPS) is 14.7. The molecule has 0 aliphatic carbocycles. The molecule has 1 aliphatic heterocycles. The van der Waals surface area contributed by atoms with Crippen molar-refractivity contribution in [2.24, 2.45) is 0 Å². The molecule has 0 bridgehead atoms. The Kier molecular flexibility index (Phi) is 4.33. The van der Waals surface area contributed by atoms with E-state index in [1.807, 2.05) is 12.1 Å². The highest BCUT2D eigenvalue weighted by Gasteiger charge is 2.17. The van der Waals surface area contributed by atoms with Crippen molar-refractivity contribution in [3.05, 3.63) is 36.7 Å². The Balaban J connectivity index is 1.75. The van der Waals surface area contributed by atoms with Gasteiger partial charge in [-0.2, -0.15) is 0 Å². The summed E-state index contributed by atoms with van der Waals surface area (Å²) in [5.74, 6) is 0.470. The smallest absolute Gasteiger partial charge is 0.264 e. The van der Waals surface area contributed by atoms with Crippen LogP contribution in [0.1, 0.15) is 12.8 Å². The standard InChI is InChI=1S/C15H18N4O3S/c1-22-13-10-16-15(17-11-13)18-23(20,21)14-6-4-12(5-7-14)19-8-2-3-9-19/h4-7,10-11H,2-3,8-9H2,1H3,(H,16,17,18). The number of hydrogen-bond acceptors (Lipinski definition) is 6. The first-order valence-corrected chi connectivity index (χ1v) is 8.81. The van der Waals surface area contributed by atoms with Gasteiger partial charge in [0.1, 0.15) is 0 Å². The molecule has 1 aromatic carbocycles. The Morgan fingerprint density at radius 1 is 1.09 bits per heavy atom. The lowest BCUT2D eigenvalue weighted by molar-refractivity contribution is 0.411. The summed E-state index contributed by atoms with van der Waals surface area (Å²) >= 11 is 0. The molecular formula is C15H18N4O3S. The van der Waals surface area contributed by atoms with Gasteiger partial charge in [0.25, 0.3) is 10.0 Å². The SMILES string of the molecule is COc1cnc(NS(=O)(=O)c2ccc(N3CCCC3)cc2)nc1. The first-order valence-electron chi connectivity index (χ1n) is 7.32. The van der Waals surface area contributed by atoms with Crippen molar-refractivity contribution >= 4 is 21.7 Å². The first-order chi connectivity index (χ1) is 11.1. The number of methoxy groups -OCH3 is 1. The van der Waals surface area contributed by atoms with E-state index in [0.717, 1.165) is 18.8 Å². The van der Waals surface area contributed by atoms with Gasteiger partial charge in [0.15, 0.2) is 5.75 Å². The largest absolute Gasteiger partial charge is 0.494 e. The fourth-order valence-electron chi connectivity index (χ4n) is 2.46. The minimum atomic E-state index is -3.71. The molecule has 1 N–H and O–H groups in total. The predicted octanol–water partition coefficient (Wildman–Crippen LogP) is 1.89. The van der Waals surface area contributed by atoms with E-state index >= 15 is 0 Å². The monoisotopic (exact) mass is 334 g/mol. The highest BCUT2D eigenvalue weighted by Crippen LogP contribution is 2.22. The van der Waals surface area contributed by atoms with E-state index in [1.165, 1.54) is 32.3 Å². The number of anilines is 2. The summed E-state index contributed by atoms with van der Waals surface area (Å²) in [6, 6.07) is 6.85. The zero-order valence-corrected chi connectivity index (χ0v) is 13.6. The second-order valence-electron chi connectivity index (χ2n) is 5.24. The highest BCUT2D eigenvalue weighted by atomic mass is 32.2. The summed E-state index contributed by atoms with van der Waals surface area (Å²) in [7, 11) is -2.22. The molecule has 0 unspecified atom stereocenters. The van der Waals surface area contributed by atoms with E-state index in [9.17, 15) is 8.42 Å². The summed E-state index contributed by atoms with van der Waals surface area (Å²) < 4.78 is 32.0. The third-order valence-corrected chi connectivity index (χ3v) is 5.05. The van der Waals surface area contributed by atoms with Crippen LogP contribution in [0.15, 0.2) is 41.6 Å². The van der Waals surface area contributed by atoms with Crippen LogP contribution in [0.2, 0.25) is 0 Å². The second-order valence-corrected chi connectivity index (χ2v) is 6.92. The maximum atomic E-state index is 12.4. The number of rotatable bonds is 5. The molecule has 2 heterocycles. The topological polar surface area (TPSA) is 84.4 Å². The van der Waals surface area contributed by atoms with Crippen LogP contribution in [0, 0.1) is 0 Å². The number of ether oxygens (including phenoxy) is 1.